The molecular formula is C21H15BrF4N6. The lowest BCUT2D eigenvalue weighted by molar-refractivity contribution is -0.115. The normalized spacial score (nSPS) is 11.5. The predicted octanol–water partition coefficient (Wildman–Crippen LogP) is 5.57. The molecule has 0 unspecified atom stereocenters. The van der Waals surface area contributed by atoms with Crippen molar-refractivity contribution in [1.29, 1.82) is 0 Å². The van der Waals surface area contributed by atoms with E-state index in [0.29, 0.717) is 17.8 Å². The number of hydrogen-bond acceptors (Lipinski definition) is 6. The minimum atomic E-state index is -4.46. The first-order chi connectivity index (χ1) is 15.3. The molecule has 2 aromatic carbocycles. The van der Waals surface area contributed by atoms with Gasteiger partial charge in [0.15, 0.2) is 17.0 Å². The molecule has 0 atom stereocenters. The predicted molar refractivity (Wildman–Crippen MR) is 117 cm³/mol. The largest absolute Gasteiger partial charge is 0.405 e. The molecule has 2 heterocycles. The summed E-state index contributed by atoms with van der Waals surface area (Å²) in [4.78, 5) is 17.1. The maximum atomic E-state index is 13.2. The lowest BCUT2D eigenvalue weighted by atomic mass is 10.1. The molecule has 4 rings (SSSR count). The monoisotopic (exact) mass is 506 g/mol. The van der Waals surface area contributed by atoms with Crippen LogP contribution in [0.15, 0.2) is 59.2 Å². The summed E-state index contributed by atoms with van der Waals surface area (Å²) >= 11 is 3.39. The highest BCUT2D eigenvalue weighted by Crippen LogP contribution is 2.25. The van der Waals surface area contributed by atoms with Crippen LogP contribution in [0.25, 0.3) is 22.4 Å². The van der Waals surface area contributed by atoms with Crippen molar-refractivity contribution in [3.63, 3.8) is 0 Å². The molecule has 0 aliphatic heterocycles. The highest BCUT2D eigenvalue weighted by molar-refractivity contribution is 9.10. The molecule has 0 spiro atoms. The van der Waals surface area contributed by atoms with Crippen LogP contribution in [0.3, 0.4) is 0 Å². The molecule has 0 aliphatic carbocycles. The fraction of sp³-hybridized carbons (Fsp3) is 0.143. The van der Waals surface area contributed by atoms with Crippen LogP contribution in [0, 0.1) is 5.82 Å². The number of halogens is 5. The summed E-state index contributed by atoms with van der Waals surface area (Å²) < 4.78 is 52.6. The van der Waals surface area contributed by atoms with E-state index < -0.39 is 18.5 Å². The van der Waals surface area contributed by atoms with Crippen LogP contribution >= 0.6 is 15.9 Å². The average Bonchev–Trinajstić information content (AvgIpc) is 2.76. The highest BCUT2D eigenvalue weighted by Gasteiger charge is 2.27. The van der Waals surface area contributed by atoms with Gasteiger partial charge in [-0.1, -0.05) is 28.1 Å². The Bertz CT molecular complexity index is 1250. The molecule has 32 heavy (non-hydrogen) atoms. The van der Waals surface area contributed by atoms with Gasteiger partial charge >= 0.3 is 6.18 Å². The van der Waals surface area contributed by atoms with Gasteiger partial charge in [0.05, 0.1) is 11.9 Å². The summed E-state index contributed by atoms with van der Waals surface area (Å²) in [5, 5.41) is 5.27. The van der Waals surface area contributed by atoms with Crippen molar-refractivity contribution in [2.45, 2.75) is 12.7 Å². The van der Waals surface area contributed by atoms with Crippen molar-refractivity contribution in [1.82, 2.24) is 19.9 Å². The van der Waals surface area contributed by atoms with Crippen molar-refractivity contribution < 1.29 is 17.6 Å². The summed E-state index contributed by atoms with van der Waals surface area (Å²) in [6, 6.07) is 13.0. The Kier molecular flexibility index (Phi) is 6.17. The van der Waals surface area contributed by atoms with Gasteiger partial charge in [-0.15, -0.1) is 0 Å². The van der Waals surface area contributed by atoms with Gasteiger partial charge in [-0.25, -0.2) is 14.4 Å². The second kappa shape index (κ2) is 9.03. The third-order valence-electron chi connectivity index (χ3n) is 4.34. The number of hydrogen-bond donors (Lipinski definition) is 2. The molecule has 0 saturated carbocycles. The summed E-state index contributed by atoms with van der Waals surface area (Å²) in [6.07, 6.45) is -3.03. The second-order valence-corrected chi connectivity index (χ2v) is 7.70. The molecule has 2 aromatic heterocycles. The molecule has 0 fully saturated rings. The first-order valence-corrected chi connectivity index (χ1v) is 10.2. The molecule has 164 valence electrons. The van der Waals surface area contributed by atoms with Crippen molar-refractivity contribution in [3.05, 3.63) is 70.6 Å². The van der Waals surface area contributed by atoms with E-state index in [1.54, 1.807) is 0 Å². The smallest absolute Gasteiger partial charge is 0.359 e. The van der Waals surface area contributed by atoms with E-state index in [2.05, 4.69) is 46.5 Å². The van der Waals surface area contributed by atoms with Gasteiger partial charge in [-0.05, 0) is 42.0 Å². The molecule has 0 bridgehead atoms. The molecular weight excluding hydrogens is 492 g/mol. The van der Waals surface area contributed by atoms with Crippen LogP contribution in [-0.4, -0.2) is 32.7 Å². The molecule has 4 aromatic rings. The molecule has 6 nitrogen and oxygen atoms in total. The zero-order chi connectivity index (χ0) is 22.7. The lowest BCUT2D eigenvalue weighted by Crippen LogP contribution is -2.22. The molecule has 0 radical (unpaired) electrons. The van der Waals surface area contributed by atoms with E-state index in [4.69, 9.17) is 0 Å². The number of alkyl halides is 3. The number of aromatic nitrogens is 4. The van der Waals surface area contributed by atoms with Crippen LogP contribution < -0.4 is 10.6 Å². The number of fused-ring (bicyclic) bond motifs is 1. The molecule has 0 amide bonds. The average molecular weight is 507 g/mol. The Balaban J connectivity index is 1.69. The molecule has 2 N–H and O–H groups in total. The number of benzene rings is 2. The maximum absolute atomic E-state index is 13.2. The topological polar surface area (TPSA) is 75.6 Å². The molecule has 0 saturated heterocycles. The van der Waals surface area contributed by atoms with Crippen molar-refractivity contribution >= 4 is 38.9 Å². The Morgan fingerprint density at radius 3 is 2.44 bits per heavy atom. The van der Waals surface area contributed by atoms with Gasteiger partial charge in [0, 0.05) is 16.6 Å². The summed E-state index contributed by atoms with van der Waals surface area (Å²) in [7, 11) is 0. The van der Waals surface area contributed by atoms with Crippen molar-refractivity contribution in [2.75, 3.05) is 17.2 Å². The first-order valence-electron chi connectivity index (χ1n) is 9.36. The zero-order valence-electron chi connectivity index (χ0n) is 16.3. The summed E-state index contributed by atoms with van der Waals surface area (Å²) in [5.74, 6) is -0.425. The van der Waals surface area contributed by atoms with E-state index >= 15 is 0 Å². The van der Waals surface area contributed by atoms with Gasteiger partial charge < -0.3 is 10.6 Å². The minimum absolute atomic E-state index is 0.0732. The minimum Gasteiger partial charge on any atom is -0.359 e. The zero-order valence-corrected chi connectivity index (χ0v) is 17.9. The fourth-order valence-corrected chi connectivity index (χ4v) is 3.33. The standard InChI is InChI=1S/C21H15BrF4N6/c22-14-3-1-2-12(8-14)9-28-20-31-18-17(19(32-20)29-11-21(24,25)26)30-16(10-27-18)13-4-6-15(23)7-5-13/h1-8,10H,9,11H2,(H2,27,28,29,31,32). The Labute approximate surface area is 188 Å². The fourth-order valence-electron chi connectivity index (χ4n) is 2.88. The SMILES string of the molecule is Fc1ccc(-c2cnc3nc(NCc4cccc(Br)c4)nc(NCC(F)(F)F)c3n2)cc1. The van der Waals surface area contributed by atoms with Crippen LogP contribution in [0.5, 0.6) is 0 Å². The maximum Gasteiger partial charge on any atom is 0.405 e. The van der Waals surface area contributed by atoms with Crippen molar-refractivity contribution in [3.8, 4) is 11.3 Å². The third-order valence-corrected chi connectivity index (χ3v) is 4.84. The highest BCUT2D eigenvalue weighted by atomic mass is 79.9. The molecule has 11 heteroatoms. The van der Waals surface area contributed by atoms with E-state index in [9.17, 15) is 17.6 Å². The van der Waals surface area contributed by atoms with E-state index in [1.807, 2.05) is 24.3 Å². The van der Waals surface area contributed by atoms with Gasteiger partial charge in [0.1, 0.15) is 12.4 Å². The Morgan fingerprint density at radius 2 is 1.72 bits per heavy atom. The van der Waals surface area contributed by atoms with Gasteiger partial charge in [-0.2, -0.15) is 23.1 Å². The number of rotatable bonds is 6. The quantitative estimate of drug-likeness (QED) is 0.333. The van der Waals surface area contributed by atoms with Crippen LogP contribution in [-0.2, 0) is 6.54 Å². The van der Waals surface area contributed by atoms with Crippen molar-refractivity contribution in [2.24, 2.45) is 0 Å². The van der Waals surface area contributed by atoms with Gasteiger partial charge in [0.25, 0.3) is 0 Å². The summed E-state index contributed by atoms with van der Waals surface area (Å²) in [5.41, 5.74) is 2.02. The first kappa shape index (κ1) is 21.9. The van der Waals surface area contributed by atoms with Gasteiger partial charge in [-0.3, -0.25) is 0 Å². The van der Waals surface area contributed by atoms with Crippen LogP contribution in [0.4, 0.5) is 29.3 Å². The van der Waals surface area contributed by atoms with E-state index in [1.165, 1.54) is 30.5 Å². The third kappa shape index (κ3) is 5.47. The second-order valence-electron chi connectivity index (χ2n) is 6.78. The van der Waals surface area contributed by atoms with Crippen LogP contribution in [0.1, 0.15) is 5.56 Å². The number of nitrogens with zero attached hydrogens (tertiary/aromatic N) is 4. The lowest BCUT2D eigenvalue weighted by Gasteiger charge is -2.13. The van der Waals surface area contributed by atoms with E-state index in [-0.39, 0.29) is 22.9 Å². The Morgan fingerprint density at radius 1 is 0.938 bits per heavy atom. The van der Waals surface area contributed by atoms with Gasteiger partial charge in [0.2, 0.25) is 5.95 Å². The summed E-state index contributed by atoms with van der Waals surface area (Å²) in [6.45, 7) is -0.947. The number of nitrogens with one attached hydrogen (secondary N) is 2. The van der Waals surface area contributed by atoms with E-state index in [0.717, 1.165) is 10.0 Å². The number of anilines is 2. The molecule has 0 aliphatic rings. The van der Waals surface area contributed by atoms with Crippen LogP contribution in [0.2, 0.25) is 0 Å². The Hall–Kier alpha value is -3.34.